The molecule has 0 radical (unpaired) electrons. The van der Waals surface area contributed by atoms with Gasteiger partial charge in [-0.25, -0.2) is 0 Å². The molecule has 144 valence electrons. The van der Waals surface area contributed by atoms with Crippen molar-refractivity contribution in [2.75, 3.05) is 26.2 Å². The summed E-state index contributed by atoms with van der Waals surface area (Å²) in [4.78, 5) is 30.0. The third kappa shape index (κ3) is 11.0. The van der Waals surface area contributed by atoms with Crippen molar-refractivity contribution in [2.45, 2.75) is 84.5 Å². The maximum absolute atomic E-state index is 12.0. The van der Waals surface area contributed by atoms with E-state index in [2.05, 4.69) is 17.2 Å². The van der Waals surface area contributed by atoms with Crippen molar-refractivity contribution in [3.8, 4) is 0 Å². The van der Waals surface area contributed by atoms with Gasteiger partial charge in [0.25, 0.3) is 0 Å². The molecule has 5 nitrogen and oxygen atoms in total. The number of carbonyl (C=O) groups is 2. The van der Waals surface area contributed by atoms with Crippen LogP contribution in [0.15, 0.2) is 4.99 Å². The van der Waals surface area contributed by atoms with Crippen LogP contribution in [0.3, 0.4) is 0 Å². The van der Waals surface area contributed by atoms with Gasteiger partial charge in [-0.2, -0.15) is 0 Å². The van der Waals surface area contributed by atoms with Crippen molar-refractivity contribution in [2.24, 2.45) is 4.99 Å². The minimum Gasteiger partial charge on any atom is -0.354 e. The third-order valence-corrected chi connectivity index (χ3v) is 4.72. The highest BCUT2D eigenvalue weighted by atomic mass is 16.2. The zero-order chi connectivity index (χ0) is 18.3. The van der Waals surface area contributed by atoms with E-state index in [-0.39, 0.29) is 11.8 Å². The Morgan fingerprint density at radius 1 is 1.08 bits per heavy atom. The third-order valence-electron chi connectivity index (χ3n) is 4.72. The van der Waals surface area contributed by atoms with Gasteiger partial charge in [-0.1, -0.05) is 58.3 Å². The van der Waals surface area contributed by atoms with Gasteiger partial charge in [0.2, 0.25) is 11.8 Å². The van der Waals surface area contributed by atoms with E-state index in [0.29, 0.717) is 39.0 Å². The lowest BCUT2D eigenvalue weighted by Crippen LogP contribution is -2.39. The van der Waals surface area contributed by atoms with Crippen molar-refractivity contribution in [1.29, 1.82) is 0 Å². The molecule has 2 amide bonds. The number of rotatable bonds is 13. The maximum atomic E-state index is 12.0. The van der Waals surface area contributed by atoms with Crippen molar-refractivity contribution in [3.05, 3.63) is 0 Å². The minimum atomic E-state index is 0.109. The van der Waals surface area contributed by atoms with Crippen LogP contribution in [-0.4, -0.2) is 48.6 Å². The first-order valence-corrected chi connectivity index (χ1v) is 10.2. The van der Waals surface area contributed by atoms with Gasteiger partial charge in [0.1, 0.15) is 0 Å². The summed E-state index contributed by atoms with van der Waals surface area (Å²) in [5.74, 6) is 0.226. The molecule has 0 bridgehead atoms. The number of aliphatic imine (C=N–C) groups is 1. The molecule has 0 aromatic carbocycles. The molecule has 1 heterocycles. The molecule has 5 heteroatoms. The second-order valence-corrected chi connectivity index (χ2v) is 7.10. The highest BCUT2D eigenvalue weighted by molar-refractivity contribution is 6.00. The number of nitrogens with zero attached hydrogens (tertiary/aromatic N) is 2. The molecule has 0 spiro atoms. The summed E-state index contributed by atoms with van der Waals surface area (Å²) in [6.07, 6.45) is 12.4. The molecule has 0 saturated carbocycles. The summed E-state index contributed by atoms with van der Waals surface area (Å²) in [6.45, 7) is 6.60. The molecule has 1 aliphatic rings. The molecule has 0 fully saturated rings. The Morgan fingerprint density at radius 3 is 2.40 bits per heavy atom. The minimum absolute atomic E-state index is 0.109. The van der Waals surface area contributed by atoms with E-state index in [1.807, 2.05) is 6.92 Å². The molecule has 0 atom stereocenters. The Kier molecular flexibility index (Phi) is 12.0. The Labute approximate surface area is 153 Å². The predicted octanol–water partition coefficient (Wildman–Crippen LogP) is 3.72. The van der Waals surface area contributed by atoms with Crippen molar-refractivity contribution >= 4 is 17.5 Å². The number of unbranched alkanes of at least 4 members (excludes halogenated alkanes) is 8. The molecule has 1 aliphatic heterocycles. The standard InChI is InChI=1S/C20H37N3O2/c1-3-4-5-6-7-8-9-10-11-12-19(24)22-14-16-23-15-13-21-18(2)17-20(23)25/h3-17H2,1-2H3,(H,22,24). The fourth-order valence-corrected chi connectivity index (χ4v) is 3.12. The Hall–Kier alpha value is -1.39. The summed E-state index contributed by atoms with van der Waals surface area (Å²) in [5, 5.41) is 2.94. The number of hydrogen-bond acceptors (Lipinski definition) is 3. The summed E-state index contributed by atoms with van der Waals surface area (Å²) < 4.78 is 0. The monoisotopic (exact) mass is 351 g/mol. The van der Waals surface area contributed by atoms with E-state index < -0.39 is 0 Å². The second kappa shape index (κ2) is 13.9. The molecular formula is C20H37N3O2. The van der Waals surface area contributed by atoms with Gasteiger partial charge in [-0.15, -0.1) is 0 Å². The van der Waals surface area contributed by atoms with Crippen LogP contribution in [0.2, 0.25) is 0 Å². The zero-order valence-corrected chi connectivity index (χ0v) is 16.3. The first-order valence-electron chi connectivity index (χ1n) is 10.2. The lowest BCUT2D eigenvalue weighted by atomic mass is 10.1. The average Bonchev–Trinajstić information content (AvgIpc) is 2.74. The molecule has 0 saturated heterocycles. The fraction of sp³-hybridized carbons (Fsp3) is 0.850. The van der Waals surface area contributed by atoms with E-state index in [1.165, 1.54) is 44.9 Å². The van der Waals surface area contributed by atoms with E-state index in [4.69, 9.17) is 0 Å². The average molecular weight is 352 g/mol. The molecule has 1 rings (SSSR count). The summed E-state index contributed by atoms with van der Waals surface area (Å²) in [7, 11) is 0. The fourth-order valence-electron chi connectivity index (χ4n) is 3.12. The van der Waals surface area contributed by atoms with Gasteiger partial charge in [0.15, 0.2) is 0 Å². The molecular weight excluding hydrogens is 314 g/mol. The predicted molar refractivity (Wildman–Crippen MR) is 104 cm³/mol. The van der Waals surface area contributed by atoms with Crippen LogP contribution < -0.4 is 5.32 Å². The van der Waals surface area contributed by atoms with E-state index >= 15 is 0 Å². The zero-order valence-electron chi connectivity index (χ0n) is 16.3. The van der Waals surface area contributed by atoms with E-state index in [1.54, 1.807) is 4.90 Å². The number of amides is 2. The highest BCUT2D eigenvalue weighted by Crippen LogP contribution is 2.10. The molecule has 1 N–H and O–H groups in total. The second-order valence-electron chi connectivity index (χ2n) is 7.10. The lowest BCUT2D eigenvalue weighted by Gasteiger charge is -2.20. The topological polar surface area (TPSA) is 61.8 Å². The summed E-state index contributed by atoms with van der Waals surface area (Å²) in [6, 6.07) is 0. The molecule has 0 aromatic heterocycles. The number of hydrogen-bond donors (Lipinski definition) is 1. The van der Waals surface area contributed by atoms with Crippen LogP contribution in [0.5, 0.6) is 0 Å². The van der Waals surface area contributed by atoms with Gasteiger partial charge in [-0.3, -0.25) is 14.6 Å². The molecule has 25 heavy (non-hydrogen) atoms. The van der Waals surface area contributed by atoms with Gasteiger partial charge in [0.05, 0.1) is 13.0 Å². The van der Waals surface area contributed by atoms with Crippen LogP contribution in [-0.2, 0) is 9.59 Å². The van der Waals surface area contributed by atoms with Crippen molar-refractivity contribution in [1.82, 2.24) is 10.2 Å². The first-order chi connectivity index (χ1) is 12.1. The summed E-state index contributed by atoms with van der Waals surface area (Å²) >= 11 is 0. The van der Waals surface area contributed by atoms with Crippen molar-refractivity contribution in [3.63, 3.8) is 0 Å². The SMILES string of the molecule is CCCCCCCCCCCC(=O)NCCN1CCN=C(C)CC1=O. The van der Waals surface area contributed by atoms with Gasteiger partial charge in [-0.05, 0) is 13.3 Å². The Balaban J connectivity index is 1.96. The van der Waals surface area contributed by atoms with Gasteiger partial charge < -0.3 is 10.2 Å². The van der Waals surface area contributed by atoms with E-state index in [9.17, 15) is 9.59 Å². The normalized spacial score (nSPS) is 15.0. The number of carbonyl (C=O) groups excluding carboxylic acids is 2. The molecule has 0 aliphatic carbocycles. The van der Waals surface area contributed by atoms with Crippen molar-refractivity contribution < 1.29 is 9.59 Å². The smallest absolute Gasteiger partial charge is 0.228 e. The van der Waals surface area contributed by atoms with Crippen LogP contribution in [0, 0.1) is 0 Å². The first kappa shape index (κ1) is 21.7. The largest absolute Gasteiger partial charge is 0.354 e. The van der Waals surface area contributed by atoms with Crippen LogP contribution in [0.25, 0.3) is 0 Å². The number of nitrogens with one attached hydrogen (secondary N) is 1. The highest BCUT2D eigenvalue weighted by Gasteiger charge is 2.16. The molecule has 0 aromatic rings. The van der Waals surface area contributed by atoms with E-state index in [0.717, 1.165) is 18.6 Å². The maximum Gasteiger partial charge on any atom is 0.228 e. The van der Waals surface area contributed by atoms with Gasteiger partial charge >= 0.3 is 0 Å². The Morgan fingerprint density at radius 2 is 1.72 bits per heavy atom. The van der Waals surface area contributed by atoms with Crippen LogP contribution in [0.1, 0.15) is 84.5 Å². The van der Waals surface area contributed by atoms with Gasteiger partial charge in [0, 0.05) is 31.8 Å². The lowest BCUT2D eigenvalue weighted by molar-refractivity contribution is -0.130. The van der Waals surface area contributed by atoms with Crippen LogP contribution in [0.4, 0.5) is 0 Å². The van der Waals surface area contributed by atoms with Crippen LogP contribution >= 0.6 is 0 Å². The Bertz CT molecular complexity index is 421. The molecule has 0 unspecified atom stereocenters. The quantitative estimate of drug-likeness (QED) is 0.514. The summed E-state index contributed by atoms with van der Waals surface area (Å²) in [5.41, 5.74) is 0.905.